The zero-order chi connectivity index (χ0) is 20.2. The molecule has 0 fully saturated rings. The standard InChI is InChI=1S/C20H17N5O2S2/c1-12-4-2-3-5-15(12)19(27)24-13-6-7-16-17(8-13)29-20(25-16)28-11-18(26)23-14-9-21-22-10-14/h2-10H,11H2,1H3,(H,21,22)(H,23,26)(H,24,27). The number of hydrogen-bond acceptors (Lipinski definition) is 6. The van der Waals surface area contributed by atoms with Crippen LogP contribution in [0, 0.1) is 6.92 Å². The molecule has 4 rings (SSSR count). The number of aryl methyl sites for hydroxylation is 1. The lowest BCUT2D eigenvalue weighted by atomic mass is 10.1. The average Bonchev–Trinajstić information content (AvgIpc) is 3.35. The van der Waals surface area contributed by atoms with Crippen LogP contribution in [0.4, 0.5) is 11.4 Å². The maximum atomic E-state index is 12.5. The summed E-state index contributed by atoms with van der Waals surface area (Å²) in [6.07, 6.45) is 3.17. The van der Waals surface area contributed by atoms with Gasteiger partial charge in [-0.05, 0) is 36.8 Å². The molecule has 0 unspecified atom stereocenters. The second-order valence-electron chi connectivity index (χ2n) is 6.26. The molecule has 0 radical (unpaired) electrons. The van der Waals surface area contributed by atoms with Crippen molar-refractivity contribution in [1.82, 2.24) is 15.2 Å². The van der Waals surface area contributed by atoms with Crippen molar-refractivity contribution < 1.29 is 9.59 Å². The van der Waals surface area contributed by atoms with Crippen molar-refractivity contribution in [2.45, 2.75) is 11.3 Å². The zero-order valence-corrected chi connectivity index (χ0v) is 17.1. The van der Waals surface area contributed by atoms with Crippen molar-refractivity contribution in [2.75, 3.05) is 16.4 Å². The number of nitrogens with one attached hydrogen (secondary N) is 3. The van der Waals surface area contributed by atoms with Gasteiger partial charge in [0, 0.05) is 17.4 Å². The van der Waals surface area contributed by atoms with Crippen LogP contribution >= 0.6 is 23.1 Å². The number of hydrogen-bond donors (Lipinski definition) is 3. The maximum absolute atomic E-state index is 12.5. The van der Waals surface area contributed by atoms with Crippen LogP contribution in [0.15, 0.2) is 59.2 Å². The largest absolute Gasteiger partial charge is 0.323 e. The summed E-state index contributed by atoms with van der Waals surface area (Å²) in [6, 6.07) is 13.1. The molecule has 0 saturated carbocycles. The van der Waals surface area contributed by atoms with Crippen LogP contribution in [0.25, 0.3) is 10.2 Å². The van der Waals surface area contributed by atoms with Crippen LogP contribution in [0.1, 0.15) is 15.9 Å². The fourth-order valence-corrected chi connectivity index (χ4v) is 4.62. The highest BCUT2D eigenvalue weighted by molar-refractivity contribution is 8.01. The molecule has 0 aliphatic rings. The summed E-state index contributed by atoms with van der Waals surface area (Å²) in [5.41, 5.74) is 3.76. The minimum absolute atomic E-state index is 0.123. The van der Waals surface area contributed by atoms with Crippen molar-refractivity contribution in [3.8, 4) is 0 Å². The van der Waals surface area contributed by atoms with E-state index >= 15 is 0 Å². The summed E-state index contributed by atoms with van der Waals surface area (Å²) in [6.45, 7) is 1.91. The molecule has 146 valence electrons. The number of H-pyrrole nitrogens is 1. The van der Waals surface area contributed by atoms with Gasteiger partial charge in [0.25, 0.3) is 5.91 Å². The number of rotatable bonds is 6. The molecule has 2 aromatic carbocycles. The number of fused-ring (bicyclic) bond motifs is 1. The van der Waals surface area contributed by atoms with Gasteiger partial charge in [0.1, 0.15) is 0 Å². The number of carbonyl (C=O) groups excluding carboxylic acids is 2. The third kappa shape index (κ3) is 4.64. The van der Waals surface area contributed by atoms with Gasteiger partial charge in [0.15, 0.2) is 4.34 Å². The summed E-state index contributed by atoms with van der Waals surface area (Å²) in [4.78, 5) is 29.0. The lowest BCUT2D eigenvalue weighted by Crippen LogP contribution is -2.13. The molecule has 4 aromatic rings. The van der Waals surface area contributed by atoms with Gasteiger partial charge in [0.2, 0.25) is 5.91 Å². The molecule has 0 saturated heterocycles. The molecule has 2 amide bonds. The Labute approximate surface area is 174 Å². The van der Waals surface area contributed by atoms with Crippen molar-refractivity contribution in [1.29, 1.82) is 0 Å². The van der Waals surface area contributed by atoms with Crippen molar-refractivity contribution in [2.24, 2.45) is 0 Å². The quantitative estimate of drug-likeness (QED) is 0.401. The van der Waals surface area contributed by atoms with Gasteiger partial charge in [-0.25, -0.2) is 4.98 Å². The first kappa shape index (κ1) is 19.2. The van der Waals surface area contributed by atoms with Crippen LogP contribution in [-0.2, 0) is 4.79 Å². The third-order valence-corrected chi connectivity index (χ3v) is 6.29. The minimum atomic E-state index is -0.141. The number of benzene rings is 2. The van der Waals surface area contributed by atoms with Gasteiger partial charge in [-0.2, -0.15) is 5.10 Å². The second-order valence-corrected chi connectivity index (χ2v) is 8.51. The van der Waals surface area contributed by atoms with E-state index in [0.717, 1.165) is 20.1 Å². The van der Waals surface area contributed by atoms with Gasteiger partial charge in [0.05, 0.1) is 27.9 Å². The van der Waals surface area contributed by atoms with E-state index < -0.39 is 0 Å². The molecule has 0 atom stereocenters. The number of nitrogens with zero attached hydrogens (tertiary/aromatic N) is 2. The van der Waals surface area contributed by atoms with E-state index in [9.17, 15) is 9.59 Å². The Morgan fingerprint density at radius 1 is 1.14 bits per heavy atom. The highest BCUT2D eigenvalue weighted by Crippen LogP contribution is 2.31. The predicted molar refractivity (Wildman–Crippen MR) is 117 cm³/mol. The Kier molecular flexibility index (Phi) is 5.59. The summed E-state index contributed by atoms with van der Waals surface area (Å²) in [5.74, 6) is -0.0127. The topological polar surface area (TPSA) is 99.8 Å². The van der Waals surface area contributed by atoms with E-state index in [1.165, 1.54) is 23.1 Å². The Morgan fingerprint density at radius 2 is 2.00 bits per heavy atom. The lowest BCUT2D eigenvalue weighted by molar-refractivity contribution is -0.113. The Morgan fingerprint density at radius 3 is 2.79 bits per heavy atom. The Hall–Kier alpha value is -3.17. The number of aromatic amines is 1. The molecule has 7 nitrogen and oxygen atoms in total. The van der Waals surface area contributed by atoms with E-state index in [0.29, 0.717) is 16.9 Å². The first-order chi connectivity index (χ1) is 14.1. The van der Waals surface area contributed by atoms with Crippen molar-refractivity contribution >= 4 is 56.5 Å². The van der Waals surface area contributed by atoms with Crippen molar-refractivity contribution in [3.63, 3.8) is 0 Å². The van der Waals surface area contributed by atoms with Gasteiger partial charge in [-0.3, -0.25) is 14.7 Å². The van der Waals surface area contributed by atoms with Gasteiger partial charge in [-0.1, -0.05) is 30.0 Å². The van der Waals surface area contributed by atoms with Crippen LogP contribution < -0.4 is 10.6 Å². The van der Waals surface area contributed by atoms with Gasteiger partial charge < -0.3 is 10.6 Å². The molecule has 3 N–H and O–H groups in total. The van der Waals surface area contributed by atoms with Crippen LogP contribution in [0.2, 0.25) is 0 Å². The molecule has 2 aromatic heterocycles. The third-order valence-electron chi connectivity index (χ3n) is 4.13. The molecule has 2 heterocycles. The van der Waals surface area contributed by atoms with Crippen LogP contribution in [-0.4, -0.2) is 32.7 Å². The number of thiazole rings is 1. The number of anilines is 2. The molecule has 0 bridgehead atoms. The normalized spacial score (nSPS) is 10.8. The first-order valence-corrected chi connectivity index (χ1v) is 10.6. The summed E-state index contributed by atoms with van der Waals surface area (Å²) >= 11 is 2.86. The lowest BCUT2D eigenvalue weighted by Gasteiger charge is -2.07. The van der Waals surface area contributed by atoms with Gasteiger partial charge >= 0.3 is 0 Å². The molecular formula is C20H17N5O2S2. The molecule has 0 aliphatic heterocycles. The van der Waals surface area contributed by atoms with E-state index in [-0.39, 0.29) is 17.6 Å². The summed E-state index contributed by atoms with van der Waals surface area (Å²) in [7, 11) is 0. The van der Waals surface area contributed by atoms with E-state index in [1.54, 1.807) is 18.5 Å². The number of thioether (sulfide) groups is 1. The molecule has 0 aliphatic carbocycles. The highest BCUT2D eigenvalue weighted by atomic mass is 32.2. The van der Waals surface area contributed by atoms with Crippen LogP contribution in [0.3, 0.4) is 0 Å². The second kappa shape index (κ2) is 8.46. The predicted octanol–water partition coefficient (Wildman–Crippen LogP) is 4.31. The minimum Gasteiger partial charge on any atom is -0.323 e. The van der Waals surface area contributed by atoms with E-state index in [4.69, 9.17) is 0 Å². The van der Waals surface area contributed by atoms with Crippen LogP contribution in [0.5, 0.6) is 0 Å². The summed E-state index contributed by atoms with van der Waals surface area (Å²) < 4.78 is 1.75. The Bertz CT molecular complexity index is 1170. The van der Waals surface area contributed by atoms with Gasteiger partial charge in [-0.15, -0.1) is 11.3 Å². The maximum Gasteiger partial charge on any atom is 0.255 e. The monoisotopic (exact) mass is 423 g/mol. The smallest absolute Gasteiger partial charge is 0.255 e. The fraction of sp³-hybridized carbons (Fsp3) is 0.100. The molecule has 0 spiro atoms. The summed E-state index contributed by atoms with van der Waals surface area (Å²) in [5, 5.41) is 12.1. The van der Waals surface area contributed by atoms with E-state index in [2.05, 4.69) is 25.8 Å². The SMILES string of the molecule is Cc1ccccc1C(=O)Nc1ccc2nc(SCC(=O)Nc3cn[nH]c3)sc2c1. The first-order valence-electron chi connectivity index (χ1n) is 8.77. The number of amides is 2. The number of aromatic nitrogens is 3. The fourth-order valence-electron chi connectivity index (χ4n) is 2.71. The number of carbonyl (C=O) groups is 2. The average molecular weight is 424 g/mol. The highest BCUT2D eigenvalue weighted by Gasteiger charge is 2.12. The Balaban J connectivity index is 1.41. The van der Waals surface area contributed by atoms with Crippen molar-refractivity contribution in [3.05, 3.63) is 66.0 Å². The zero-order valence-electron chi connectivity index (χ0n) is 15.4. The molecule has 29 heavy (non-hydrogen) atoms. The van der Waals surface area contributed by atoms with E-state index in [1.807, 2.05) is 43.3 Å². The molecule has 9 heteroatoms. The molecular weight excluding hydrogens is 406 g/mol.